The minimum absolute atomic E-state index is 0. The maximum absolute atomic E-state index is 12.5. The molecule has 1 heterocycles. The van der Waals surface area contributed by atoms with Gasteiger partial charge in [-0.2, -0.15) is 4.80 Å². The molecule has 0 bridgehead atoms. The van der Waals surface area contributed by atoms with Crippen LogP contribution < -0.4 is 61.6 Å². The van der Waals surface area contributed by atoms with Gasteiger partial charge >= 0.3 is 58.4 Å². The number of rotatable bonds is 4. The summed E-state index contributed by atoms with van der Waals surface area (Å²) >= 11 is 0. The van der Waals surface area contributed by atoms with E-state index in [1.165, 1.54) is 10.9 Å². The Bertz CT molecular complexity index is 590. The first kappa shape index (κ1) is 17.6. The molecule has 0 spiro atoms. The number of aryl methyl sites for hydroxylation is 2. The molecule has 10 heteroatoms. The van der Waals surface area contributed by atoms with Gasteiger partial charge in [0.1, 0.15) is 5.75 Å². The van der Waals surface area contributed by atoms with Crippen LogP contribution in [0.15, 0.2) is 18.2 Å². The van der Waals surface area contributed by atoms with Crippen LogP contribution >= 0.6 is 0 Å². The van der Waals surface area contributed by atoms with Crippen LogP contribution in [0.25, 0.3) is 0 Å². The smallest absolute Gasteiger partial charge is 0.485 e. The summed E-state index contributed by atoms with van der Waals surface area (Å²) in [7, 11) is 1.61. The van der Waals surface area contributed by atoms with E-state index < -0.39 is 12.4 Å². The zero-order valence-corrected chi connectivity index (χ0v) is 14.5. The maximum Gasteiger partial charge on any atom is 1.00 e. The molecule has 20 heavy (non-hydrogen) atoms. The summed E-state index contributed by atoms with van der Waals surface area (Å²) in [5, 5.41) is 11.2. The molecule has 2 aromatic rings. The van der Waals surface area contributed by atoms with Crippen LogP contribution in [0.2, 0.25) is 0 Å². The number of benzene rings is 1. The molecule has 0 unspecified atom stereocenters. The van der Waals surface area contributed by atoms with Gasteiger partial charge in [0, 0.05) is 0 Å². The fourth-order valence-corrected chi connectivity index (χ4v) is 1.56. The molecule has 102 valence electrons. The topological polar surface area (TPSA) is 52.8 Å². The summed E-state index contributed by atoms with van der Waals surface area (Å²) in [5.41, 5.74) is -0.219. The first-order valence-electron chi connectivity index (χ1n) is 5.52. The second-order valence-corrected chi connectivity index (χ2v) is 4.08. The third kappa shape index (κ3) is 4.55. The Labute approximate surface area is 156 Å². The van der Waals surface area contributed by atoms with Crippen molar-refractivity contribution in [1.29, 1.82) is 0 Å². The van der Waals surface area contributed by atoms with Gasteiger partial charge in [0.15, 0.2) is 6.61 Å². The van der Waals surface area contributed by atoms with Gasteiger partial charge in [-0.25, -0.2) is 0 Å². The molecule has 0 aliphatic carbocycles. The van der Waals surface area contributed by atoms with Crippen LogP contribution in [0.3, 0.4) is 0 Å². The number of hydrogen-bond acceptors (Lipinski definition) is 4. The van der Waals surface area contributed by atoms with Crippen molar-refractivity contribution < 1.29 is 69.1 Å². The predicted octanol–water partition coefficient (Wildman–Crippen LogP) is -1.84. The SMILES string of the molecule is Cc1cc([B-](F)(F)F)ccc1OCc1nnn(C)n1.[K+]. The molecule has 2 rings (SSSR count). The van der Waals surface area contributed by atoms with E-state index in [9.17, 15) is 12.9 Å². The first-order valence-corrected chi connectivity index (χ1v) is 5.52. The van der Waals surface area contributed by atoms with E-state index in [1.54, 1.807) is 14.0 Å². The average molecular weight is 310 g/mol. The van der Waals surface area contributed by atoms with Gasteiger partial charge in [-0.15, -0.1) is 15.7 Å². The van der Waals surface area contributed by atoms with Crippen molar-refractivity contribution in [1.82, 2.24) is 20.2 Å². The molecule has 0 amide bonds. The van der Waals surface area contributed by atoms with E-state index in [1.807, 2.05) is 0 Å². The molecular formula is C10H11BF3KN4O. The Morgan fingerprint density at radius 2 is 2.00 bits per heavy atom. The van der Waals surface area contributed by atoms with E-state index in [-0.39, 0.29) is 58.0 Å². The van der Waals surface area contributed by atoms with Crippen molar-refractivity contribution in [3.05, 3.63) is 29.6 Å². The number of aromatic nitrogens is 4. The van der Waals surface area contributed by atoms with Gasteiger partial charge in [-0.3, -0.25) is 0 Å². The summed E-state index contributed by atoms with van der Waals surface area (Å²) in [6, 6.07) is 3.38. The number of halogens is 3. The van der Waals surface area contributed by atoms with Gasteiger partial charge in [0.2, 0.25) is 5.82 Å². The van der Waals surface area contributed by atoms with E-state index in [2.05, 4.69) is 15.4 Å². The van der Waals surface area contributed by atoms with E-state index >= 15 is 0 Å². The predicted molar refractivity (Wildman–Crippen MR) is 63.0 cm³/mol. The number of ether oxygens (including phenoxy) is 1. The van der Waals surface area contributed by atoms with Gasteiger partial charge < -0.3 is 17.7 Å². The Morgan fingerprint density at radius 3 is 2.50 bits per heavy atom. The monoisotopic (exact) mass is 310 g/mol. The van der Waals surface area contributed by atoms with Crippen LogP contribution in [-0.4, -0.2) is 27.2 Å². The first-order chi connectivity index (χ1) is 8.86. The second kappa shape index (κ2) is 7.03. The van der Waals surface area contributed by atoms with E-state index in [4.69, 9.17) is 4.74 Å². The van der Waals surface area contributed by atoms with Crippen LogP contribution in [0.4, 0.5) is 12.9 Å². The Hall–Kier alpha value is -0.419. The van der Waals surface area contributed by atoms with Crippen molar-refractivity contribution in [2.75, 3.05) is 0 Å². The minimum atomic E-state index is -4.99. The van der Waals surface area contributed by atoms with Crippen LogP contribution in [0.1, 0.15) is 11.4 Å². The van der Waals surface area contributed by atoms with Gasteiger partial charge in [-0.05, 0) is 23.8 Å². The van der Waals surface area contributed by atoms with E-state index in [0.29, 0.717) is 17.1 Å². The Kier molecular flexibility index (Phi) is 6.20. The largest absolute Gasteiger partial charge is 1.00 e. The molecule has 0 aliphatic heterocycles. The molecule has 0 saturated heterocycles. The molecule has 0 fully saturated rings. The van der Waals surface area contributed by atoms with Crippen LogP contribution in [0.5, 0.6) is 5.75 Å². The molecular weight excluding hydrogens is 299 g/mol. The molecule has 1 aromatic carbocycles. The summed E-state index contributed by atoms with van der Waals surface area (Å²) in [4.78, 5) is 1.28. The number of nitrogens with zero attached hydrogens (tertiary/aromatic N) is 4. The molecule has 0 aliphatic rings. The molecule has 5 nitrogen and oxygen atoms in total. The van der Waals surface area contributed by atoms with Gasteiger partial charge in [0.25, 0.3) is 0 Å². The third-order valence-corrected chi connectivity index (χ3v) is 2.48. The Balaban J connectivity index is 0.00000200. The summed E-state index contributed by atoms with van der Waals surface area (Å²) in [6.45, 7) is -3.37. The normalized spacial score (nSPS) is 11.1. The fraction of sp³-hybridized carbons (Fsp3) is 0.300. The summed E-state index contributed by atoms with van der Waals surface area (Å²) in [6.07, 6.45) is 0. The van der Waals surface area contributed by atoms with Crippen molar-refractivity contribution in [2.45, 2.75) is 13.5 Å². The second-order valence-electron chi connectivity index (χ2n) is 4.08. The van der Waals surface area contributed by atoms with Crippen molar-refractivity contribution >= 4 is 12.4 Å². The van der Waals surface area contributed by atoms with Gasteiger partial charge in [-0.1, -0.05) is 12.1 Å². The maximum atomic E-state index is 12.5. The molecule has 0 saturated carbocycles. The number of hydrogen-bond donors (Lipinski definition) is 0. The molecule has 0 N–H and O–H groups in total. The van der Waals surface area contributed by atoms with Crippen molar-refractivity contribution in [2.24, 2.45) is 7.05 Å². The number of tetrazole rings is 1. The summed E-state index contributed by atoms with van der Waals surface area (Å²) in [5.74, 6) is 0.738. The third-order valence-electron chi connectivity index (χ3n) is 2.48. The standard InChI is InChI=1S/C10H11BF3N4O.K/c1-7-5-8(11(12,13)14)3-4-9(7)19-6-10-15-17-18(2)16-10;/h3-5H,6H2,1-2H3;/q-1;+1. The zero-order valence-electron chi connectivity index (χ0n) is 11.3. The molecule has 0 atom stereocenters. The zero-order chi connectivity index (χ0) is 14.0. The minimum Gasteiger partial charge on any atom is -0.485 e. The van der Waals surface area contributed by atoms with Crippen molar-refractivity contribution in [3.8, 4) is 5.75 Å². The quantitative estimate of drug-likeness (QED) is 0.623. The van der Waals surface area contributed by atoms with Gasteiger partial charge in [0.05, 0.1) is 7.05 Å². The Morgan fingerprint density at radius 1 is 1.30 bits per heavy atom. The molecule has 1 aromatic heterocycles. The van der Waals surface area contributed by atoms with Crippen LogP contribution in [-0.2, 0) is 13.7 Å². The average Bonchev–Trinajstić information content (AvgIpc) is 2.72. The van der Waals surface area contributed by atoms with Crippen molar-refractivity contribution in [3.63, 3.8) is 0 Å². The molecule has 0 radical (unpaired) electrons. The summed E-state index contributed by atoms with van der Waals surface area (Å²) < 4.78 is 43.0. The fourth-order valence-electron chi connectivity index (χ4n) is 1.56. The van der Waals surface area contributed by atoms with Crippen LogP contribution in [0, 0.1) is 6.92 Å². The van der Waals surface area contributed by atoms with E-state index in [0.717, 1.165) is 12.1 Å².